The molecule has 0 aliphatic carbocycles. The second-order valence-corrected chi connectivity index (χ2v) is 6.41. The summed E-state index contributed by atoms with van der Waals surface area (Å²) in [5.41, 5.74) is 6.19. The van der Waals surface area contributed by atoms with E-state index >= 15 is 0 Å². The van der Waals surface area contributed by atoms with Crippen LogP contribution < -0.4 is 0 Å². The highest BCUT2D eigenvalue weighted by molar-refractivity contribution is 6.09. The molecule has 0 atom stereocenters. The maximum Gasteiger partial charge on any atom is 0.143 e. The van der Waals surface area contributed by atoms with Crippen LogP contribution in [-0.2, 0) is 0 Å². The van der Waals surface area contributed by atoms with E-state index in [0.717, 1.165) is 44.2 Å². The quantitative estimate of drug-likeness (QED) is 0.393. The van der Waals surface area contributed by atoms with Gasteiger partial charge >= 0.3 is 0 Å². The molecule has 0 spiro atoms. The van der Waals surface area contributed by atoms with Crippen molar-refractivity contribution in [3.8, 4) is 28.0 Å². The first-order valence-electron chi connectivity index (χ1n) is 8.60. The number of benzene rings is 4. The van der Waals surface area contributed by atoms with Crippen molar-refractivity contribution in [2.75, 3.05) is 0 Å². The van der Waals surface area contributed by atoms with Crippen molar-refractivity contribution in [2.45, 2.75) is 0 Å². The maximum atomic E-state index is 9.51. The van der Waals surface area contributed by atoms with Crippen LogP contribution in [0.25, 0.3) is 44.2 Å². The molecule has 4 aromatic carbocycles. The zero-order valence-corrected chi connectivity index (χ0v) is 14.0. The minimum Gasteiger partial charge on any atom is -0.508 e. The first kappa shape index (κ1) is 14.8. The topological polar surface area (TPSA) is 33.4 Å². The summed E-state index contributed by atoms with van der Waals surface area (Å²) in [4.78, 5) is 0. The van der Waals surface area contributed by atoms with Gasteiger partial charge in [-0.15, -0.1) is 0 Å². The Labute approximate surface area is 150 Å². The molecular formula is C24H16O2. The number of rotatable bonds is 2. The number of hydrogen-bond acceptors (Lipinski definition) is 2. The van der Waals surface area contributed by atoms with Crippen LogP contribution in [0.4, 0.5) is 0 Å². The maximum absolute atomic E-state index is 9.51. The summed E-state index contributed by atoms with van der Waals surface area (Å²) in [6.45, 7) is 0. The van der Waals surface area contributed by atoms with E-state index < -0.39 is 0 Å². The number of fused-ring (bicyclic) bond motifs is 3. The molecule has 0 aliphatic heterocycles. The molecule has 1 N–H and O–H groups in total. The molecule has 1 heterocycles. The zero-order chi connectivity index (χ0) is 17.5. The van der Waals surface area contributed by atoms with E-state index in [1.54, 1.807) is 12.1 Å². The summed E-state index contributed by atoms with van der Waals surface area (Å²) in [6.07, 6.45) is 0. The van der Waals surface area contributed by atoms with Gasteiger partial charge in [0.25, 0.3) is 0 Å². The third-order valence-corrected chi connectivity index (χ3v) is 4.78. The van der Waals surface area contributed by atoms with E-state index in [1.807, 2.05) is 30.3 Å². The Hall–Kier alpha value is -3.52. The van der Waals surface area contributed by atoms with E-state index in [9.17, 15) is 5.11 Å². The molecule has 5 aromatic rings. The van der Waals surface area contributed by atoms with Gasteiger partial charge in [0, 0.05) is 16.3 Å². The Bertz CT molecular complexity index is 1230. The molecule has 0 saturated heterocycles. The molecule has 26 heavy (non-hydrogen) atoms. The van der Waals surface area contributed by atoms with Gasteiger partial charge < -0.3 is 9.52 Å². The van der Waals surface area contributed by atoms with Crippen LogP contribution in [0.2, 0.25) is 0 Å². The first-order chi connectivity index (χ1) is 12.8. The smallest absolute Gasteiger partial charge is 0.143 e. The highest BCUT2D eigenvalue weighted by Gasteiger charge is 2.12. The Kier molecular flexibility index (Phi) is 3.29. The SMILES string of the molecule is Oc1ccc(-c2cccc(-c3cccc4c3oc3ccccc34)c2)cc1. The highest BCUT2D eigenvalue weighted by Crippen LogP contribution is 2.36. The van der Waals surface area contributed by atoms with Crippen molar-refractivity contribution in [2.24, 2.45) is 0 Å². The van der Waals surface area contributed by atoms with Gasteiger partial charge in [-0.05, 0) is 41.0 Å². The van der Waals surface area contributed by atoms with E-state index in [0.29, 0.717) is 0 Å². The monoisotopic (exact) mass is 336 g/mol. The molecule has 0 bridgehead atoms. The Morgan fingerprint density at radius 2 is 1.31 bits per heavy atom. The summed E-state index contributed by atoms with van der Waals surface area (Å²) >= 11 is 0. The van der Waals surface area contributed by atoms with Crippen LogP contribution in [0.1, 0.15) is 0 Å². The van der Waals surface area contributed by atoms with Crippen LogP contribution in [0, 0.1) is 0 Å². The van der Waals surface area contributed by atoms with E-state index in [-0.39, 0.29) is 5.75 Å². The predicted octanol–water partition coefficient (Wildman–Crippen LogP) is 6.63. The second-order valence-electron chi connectivity index (χ2n) is 6.41. The fourth-order valence-electron chi connectivity index (χ4n) is 3.49. The molecule has 0 fully saturated rings. The van der Waals surface area contributed by atoms with Crippen LogP contribution in [0.15, 0.2) is 95.4 Å². The normalized spacial score (nSPS) is 11.2. The standard InChI is InChI=1S/C24H16O2/c25-19-13-11-16(12-14-19)17-5-3-6-18(15-17)20-8-4-9-22-21-7-1-2-10-23(21)26-24(20)22/h1-15,25H. The number of para-hydroxylation sites is 2. The van der Waals surface area contributed by atoms with Crippen molar-refractivity contribution in [1.29, 1.82) is 0 Å². The molecule has 2 heteroatoms. The fraction of sp³-hybridized carbons (Fsp3) is 0. The Morgan fingerprint density at radius 3 is 2.19 bits per heavy atom. The minimum absolute atomic E-state index is 0.275. The molecule has 1 aromatic heterocycles. The lowest BCUT2D eigenvalue weighted by Crippen LogP contribution is -1.82. The van der Waals surface area contributed by atoms with Gasteiger partial charge in [-0.25, -0.2) is 0 Å². The van der Waals surface area contributed by atoms with Crippen LogP contribution in [0.3, 0.4) is 0 Å². The molecule has 5 rings (SSSR count). The average molecular weight is 336 g/mol. The number of phenols is 1. The van der Waals surface area contributed by atoms with Crippen molar-refractivity contribution >= 4 is 21.9 Å². The van der Waals surface area contributed by atoms with Gasteiger partial charge in [0.2, 0.25) is 0 Å². The fourth-order valence-corrected chi connectivity index (χ4v) is 3.49. The first-order valence-corrected chi connectivity index (χ1v) is 8.60. The van der Waals surface area contributed by atoms with Crippen LogP contribution in [-0.4, -0.2) is 5.11 Å². The number of aromatic hydroxyl groups is 1. The molecule has 0 aliphatic rings. The second kappa shape index (κ2) is 5.78. The molecule has 0 saturated carbocycles. The molecule has 0 radical (unpaired) electrons. The Balaban J connectivity index is 1.71. The lowest BCUT2D eigenvalue weighted by Gasteiger charge is -2.07. The van der Waals surface area contributed by atoms with Gasteiger partial charge in [0.1, 0.15) is 16.9 Å². The van der Waals surface area contributed by atoms with E-state index in [4.69, 9.17) is 4.42 Å². The van der Waals surface area contributed by atoms with E-state index in [2.05, 4.69) is 48.5 Å². The lowest BCUT2D eigenvalue weighted by atomic mass is 9.97. The summed E-state index contributed by atoms with van der Waals surface area (Å²) in [5, 5.41) is 11.8. The van der Waals surface area contributed by atoms with Crippen LogP contribution >= 0.6 is 0 Å². The molecule has 2 nitrogen and oxygen atoms in total. The number of hydrogen-bond donors (Lipinski definition) is 1. The third-order valence-electron chi connectivity index (χ3n) is 4.78. The van der Waals surface area contributed by atoms with Crippen molar-refractivity contribution in [3.63, 3.8) is 0 Å². The molecular weight excluding hydrogens is 320 g/mol. The number of phenolic OH excluding ortho intramolecular Hbond substituents is 1. The molecule has 0 unspecified atom stereocenters. The molecule has 0 amide bonds. The van der Waals surface area contributed by atoms with Gasteiger partial charge in [0.05, 0.1) is 0 Å². The largest absolute Gasteiger partial charge is 0.508 e. The Morgan fingerprint density at radius 1 is 0.577 bits per heavy atom. The van der Waals surface area contributed by atoms with Crippen molar-refractivity contribution in [1.82, 2.24) is 0 Å². The summed E-state index contributed by atoms with van der Waals surface area (Å²) < 4.78 is 6.17. The highest BCUT2D eigenvalue weighted by atomic mass is 16.3. The summed E-state index contributed by atoms with van der Waals surface area (Å²) in [7, 11) is 0. The van der Waals surface area contributed by atoms with Gasteiger partial charge in [-0.1, -0.05) is 66.7 Å². The third kappa shape index (κ3) is 2.35. The van der Waals surface area contributed by atoms with Gasteiger partial charge in [-0.2, -0.15) is 0 Å². The minimum atomic E-state index is 0.275. The average Bonchev–Trinajstić information content (AvgIpc) is 3.07. The van der Waals surface area contributed by atoms with Gasteiger partial charge in [-0.3, -0.25) is 0 Å². The van der Waals surface area contributed by atoms with Crippen LogP contribution in [0.5, 0.6) is 5.75 Å². The van der Waals surface area contributed by atoms with Crippen molar-refractivity contribution < 1.29 is 9.52 Å². The van der Waals surface area contributed by atoms with Gasteiger partial charge in [0.15, 0.2) is 0 Å². The summed E-state index contributed by atoms with van der Waals surface area (Å²) in [6, 6.07) is 30.1. The van der Waals surface area contributed by atoms with E-state index in [1.165, 1.54) is 0 Å². The lowest BCUT2D eigenvalue weighted by molar-refractivity contribution is 0.475. The predicted molar refractivity (Wildman–Crippen MR) is 106 cm³/mol. The molecule has 124 valence electrons. The van der Waals surface area contributed by atoms with Crippen molar-refractivity contribution in [3.05, 3.63) is 91.0 Å². The number of furan rings is 1. The summed E-state index contributed by atoms with van der Waals surface area (Å²) in [5.74, 6) is 0.275. The zero-order valence-electron chi connectivity index (χ0n) is 14.0.